The van der Waals surface area contributed by atoms with Crippen LogP contribution in [0.1, 0.15) is 11.1 Å². The molecule has 0 aromatic heterocycles. The number of hydrogen-bond acceptors (Lipinski definition) is 5. The number of nitrogens with zero attached hydrogens (tertiary/aromatic N) is 1. The maximum atomic E-state index is 11.9. The minimum atomic E-state index is -4.20. The molecule has 0 fully saturated rings. The maximum absolute atomic E-state index is 11.9. The summed E-state index contributed by atoms with van der Waals surface area (Å²) in [6.45, 7) is 0.625. The van der Waals surface area contributed by atoms with Crippen LogP contribution >= 0.6 is 11.8 Å². The quantitative estimate of drug-likeness (QED) is 0.235. The molecule has 0 bridgehead atoms. The van der Waals surface area contributed by atoms with Gasteiger partial charge in [-0.15, -0.1) is 0 Å². The van der Waals surface area contributed by atoms with Crippen molar-refractivity contribution >= 4 is 17.6 Å². The molecule has 0 amide bonds. The number of thioether (sulfide) groups is 1. The number of benzene rings is 1. The molecular weight excluding hydrogens is 307 g/mol. The molecule has 0 saturated heterocycles. The fourth-order valence-electron chi connectivity index (χ4n) is 1.58. The highest BCUT2D eigenvalue weighted by atomic mass is 32.2. The molecule has 21 heavy (non-hydrogen) atoms. The summed E-state index contributed by atoms with van der Waals surface area (Å²) in [5.41, 5.74) is 2.55. The van der Waals surface area contributed by atoms with E-state index in [0.717, 1.165) is 5.56 Å². The number of ether oxygens (including phenoxy) is 1. The van der Waals surface area contributed by atoms with Crippen LogP contribution in [-0.4, -0.2) is 36.0 Å². The summed E-state index contributed by atoms with van der Waals surface area (Å²) >= 11 is -0.0615. The lowest BCUT2D eigenvalue weighted by Gasteiger charge is -2.11. The van der Waals surface area contributed by atoms with Crippen LogP contribution in [0.15, 0.2) is 23.4 Å². The fraction of sp³-hybridized carbons (Fsp3) is 0.417. The Morgan fingerprint density at radius 3 is 2.76 bits per heavy atom. The first kappa shape index (κ1) is 17.4. The standard InChI is InChI=1S/C12H16F3N3O2S/c1-20-10-6-8(2-3-9(10)11(16)18-19)7-17-4-5-21-12(13,14)15/h2-3,6,17,19H,4-5,7H2,1H3,(H2,16,18). The summed E-state index contributed by atoms with van der Waals surface area (Å²) in [6, 6.07) is 5.02. The van der Waals surface area contributed by atoms with Gasteiger partial charge in [-0.05, 0) is 29.5 Å². The van der Waals surface area contributed by atoms with Gasteiger partial charge in [-0.1, -0.05) is 11.2 Å². The predicted octanol–water partition coefficient (Wildman–Crippen LogP) is 2.13. The third-order valence-electron chi connectivity index (χ3n) is 2.52. The molecule has 0 aliphatic heterocycles. The van der Waals surface area contributed by atoms with Gasteiger partial charge < -0.3 is 21.0 Å². The normalized spacial score (nSPS) is 12.5. The zero-order chi connectivity index (χ0) is 15.9. The first-order valence-electron chi connectivity index (χ1n) is 5.93. The van der Waals surface area contributed by atoms with Gasteiger partial charge in [0.05, 0.1) is 12.7 Å². The van der Waals surface area contributed by atoms with Gasteiger partial charge in [0.2, 0.25) is 0 Å². The van der Waals surface area contributed by atoms with E-state index in [9.17, 15) is 13.2 Å². The number of nitrogens with two attached hydrogens (primary N) is 1. The zero-order valence-electron chi connectivity index (χ0n) is 11.3. The highest BCUT2D eigenvalue weighted by Gasteiger charge is 2.27. The second-order valence-electron chi connectivity index (χ2n) is 3.99. The Morgan fingerprint density at radius 2 is 2.19 bits per heavy atom. The number of amidine groups is 1. The van der Waals surface area contributed by atoms with Gasteiger partial charge in [-0.25, -0.2) is 0 Å². The molecule has 0 aliphatic carbocycles. The summed E-state index contributed by atoms with van der Waals surface area (Å²) in [6.07, 6.45) is 0. The molecule has 0 saturated carbocycles. The average Bonchev–Trinajstić information content (AvgIpc) is 2.44. The van der Waals surface area contributed by atoms with E-state index in [1.807, 2.05) is 0 Å². The number of halogens is 3. The highest BCUT2D eigenvalue weighted by molar-refractivity contribution is 8.00. The molecule has 118 valence electrons. The minimum Gasteiger partial charge on any atom is -0.496 e. The van der Waals surface area contributed by atoms with Crippen LogP contribution in [0.5, 0.6) is 5.75 Å². The summed E-state index contributed by atoms with van der Waals surface area (Å²) in [5.74, 6) is 0.297. The van der Waals surface area contributed by atoms with Crippen molar-refractivity contribution in [2.24, 2.45) is 10.9 Å². The van der Waals surface area contributed by atoms with Crippen LogP contribution < -0.4 is 15.8 Å². The summed E-state index contributed by atoms with van der Waals surface area (Å²) in [4.78, 5) is 0. The Hall–Kier alpha value is -1.61. The van der Waals surface area contributed by atoms with Gasteiger partial charge in [0.25, 0.3) is 0 Å². The van der Waals surface area contributed by atoms with Crippen molar-refractivity contribution in [3.63, 3.8) is 0 Å². The van der Waals surface area contributed by atoms with Gasteiger partial charge in [-0.3, -0.25) is 0 Å². The molecule has 0 unspecified atom stereocenters. The van der Waals surface area contributed by atoms with Crippen molar-refractivity contribution in [2.75, 3.05) is 19.4 Å². The topological polar surface area (TPSA) is 79.9 Å². The zero-order valence-corrected chi connectivity index (χ0v) is 12.1. The number of methoxy groups -OCH3 is 1. The molecule has 1 aromatic rings. The smallest absolute Gasteiger partial charge is 0.441 e. The largest absolute Gasteiger partial charge is 0.496 e. The lowest BCUT2D eigenvalue weighted by molar-refractivity contribution is -0.0327. The molecule has 0 atom stereocenters. The number of nitrogens with one attached hydrogen (secondary N) is 1. The SMILES string of the molecule is COc1cc(CNCCSC(F)(F)F)ccc1/C(N)=N/O. The predicted molar refractivity (Wildman–Crippen MR) is 75.7 cm³/mol. The molecular formula is C12H16F3N3O2S. The number of rotatable bonds is 7. The third-order valence-corrected chi connectivity index (χ3v) is 3.26. The van der Waals surface area contributed by atoms with Crippen molar-refractivity contribution < 1.29 is 23.1 Å². The number of oxime groups is 1. The van der Waals surface area contributed by atoms with E-state index in [0.29, 0.717) is 17.9 Å². The van der Waals surface area contributed by atoms with Crippen molar-refractivity contribution in [1.82, 2.24) is 5.32 Å². The van der Waals surface area contributed by atoms with E-state index in [1.165, 1.54) is 7.11 Å². The van der Waals surface area contributed by atoms with E-state index in [4.69, 9.17) is 15.7 Å². The number of hydrogen-bond donors (Lipinski definition) is 3. The van der Waals surface area contributed by atoms with Gasteiger partial charge in [0, 0.05) is 18.8 Å². The summed E-state index contributed by atoms with van der Waals surface area (Å²) < 4.78 is 40.9. The maximum Gasteiger partial charge on any atom is 0.441 e. The number of alkyl halides is 3. The van der Waals surface area contributed by atoms with Crippen molar-refractivity contribution in [3.8, 4) is 5.75 Å². The van der Waals surface area contributed by atoms with Crippen LogP contribution in [0.4, 0.5) is 13.2 Å². The van der Waals surface area contributed by atoms with Crippen LogP contribution in [-0.2, 0) is 6.54 Å². The fourth-order valence-corrected chi connectivity index (χ4v) is 2.06. The van der Waals surface area contributed by atoms with Crippen molar-refractivity contribution in [2.45, 2.75) is 12.1 Å². The van der Waals surface area contributed by atoms with Gasteiger partial charge >= 0.3 is 5.51 Å². The second-order valence-corrected chi connectivity index (χ2v) is 5.15. The minimum absolute atomic E-state index is 0.0527. The molecule has 1 aromatic carbocycles. The molecule has 4 N–H and O–H groups in total. The Morgan fingerprint density at radius 1 is 1.48 bits per heavy atom. The molecule has 0 aliphatic rings. The Balaban J connectivity index is 2.53. The second kappa shape index (κ2) is 7.99. The molecule has 0 spiro atoms. The monoisotopic (exact) mass is 323 g/mol. The first-order chi connectivity index (χ1) is 9.87. The molecule has 1 rings (SSSR count). The van der Waals surface area contributed by atoms with E-state index < -0.39 is 5.51 Å². The Bertz CT molecular complexity index is 495. The van der Waals surface area contributed by atoms with Crippen molar-refractivity contribution in [3.05, 3.63) is 29.3 Å². The Labute approximate surface area is 124 Å². The molecule has 5 nitrogen and oxygen atoms in total. The van der Waals surface area contributed by atoms with Crippen LogP contribution in [0.25, 0.3) is 0 Å². The lowest BCUT2D eigenvalue weighted by atomic mass is 10.1. The van der Waals surface area contributed by atoms with Crippen LogP contribution in [0.3, 0.4) is 0 Å². The highest BCUT2D eigenvalue weighted by Crippen LogP contribution is 2.29. The van der Waals surface area contributed by atoms with E-state index >= 15 is 0 Å². The van der Waals surface area contributed by atoms with E-state index in [1.54, 1.807) is 18.2 Å². The van der Waals surface area contributed by atoms with Gasteiger partial charge in [-0.2, -0.15) is 13.2 Å². The van der Waals surface area contributed by atoms with E-state index in [-0.39, 0.29) is 29.9 Å². The van der Waals surface area contributed by atoms with Gasteiger partial charge in [0.1, 0.15) is 5.75 Å². The first-order valence-corrected chi connectivity index (χ1v) is 6.92. The van der Waals surface area contributed by atoms with Crippen molar-refractivity contribution in [1.29, 1.82) is 0 Å². The average molecular weight is 323 g/mol. The molecule has 0 heterocycles. The van der Waals surface area contributed by atoms with Gasteiger partial charge in [0.15, 0.2) is 5.84 Å². The summed E-state index contributed by atoms with van der Waals surface area (Å²) in [7, 11) is 1.45. The lowest BCUT2D eigenvalue weighted by Crippen LogP contribution is -2.19. The third kappa shape index (κ3) is 6.13. The van der Waals surface area contributed by atoms with Crippen LogP contribution in [0, 0.1) is 0 Å². The van der Waals surface area contributed by atoms with Crippen LogP contribution in [0.2, 0.25) is 0 Å². The molecule has 0 radical (unpaired) electrons. The Kier molecular flexibility index (Phi) is 6.63. The van der Waals surface area contributed by atoms with E-state index in [2.05, 4.69) is 10.5 Å². The summed E-state index contributed by atoms with van der Waals surface area (Å²) in [5, 5.41) is 14.4. The molecule has 9 heteroatoms.